The monoisotopic (exact) mass is 281 g/mol. The van der Waals surface area contributed by atoms with E-state index in [4.69, 9.17) is 15.2 Å². The standard InChI is InChI=1S/C15H23NO2S/c1-15(2,16)9-11-4-5-13(17-3)14(8-11)18-12-6-7-19-10-12/h4-5,8,12H,6-7,9-10,16H2,1-3H3. The number of ether oxygens (including phenoxy) is 2. The second-order valence-corrected chi connectivity index (χ2v) is 6.90. The first-order valence-corrected chi connectivity index (χ1v) is 7.83. The van der Waals surface area contributed by atoms with Gasteiger partial charge in [0, 0.05) is 11.3 Å². The van der Waals surface area contributed by atoms with Gasteiger partial charge in [0.1, 0.15) is 6.10 Å². The number of thioether (sulfide) groups is 1. The van der Waals surface area contributed by atoms with Crippen molar-refractivity contribution in [2.24, 2.45) is 5.73 Å². The first kappa shape index (κ1) is 14.5. The quantitative estimate of drug-likeness (QED) is 0.901. The van der Waals surface area contributed by atoms with E-state index in [1.165, 1.54) is 11.3 Å². The van der Waals surface area contributed by atoms with Crippen LogP contribution in [0.3, 0.4) is 0 Å². The molecule has 1 aromatic rings. The zero-order chi connectivity index (χ0) is 13.9. The summed E-state index contributed by atoms with van der Waals surface area (Å²) in [4.78, 5) is 0. The Morgan fingerprint density at radius 2 is 2.16 bits per heavy atom. The normalized spacial score (nSPS) is 19.5. The minimum atomic E-state index is -0.213. The van der Waals surface area contributed by atoms with E-state index in [9.17, 15) is 0 Å². The highest BCUT2D eigenvalue weighted by Crippen LogP contribution is 2.32. The number of rotatable bonds is 5. The fourth-order valence-electron chi connectivity index (χ4n) is 2.23. The molecule has 1 heterocycles. The van der Waals surface area contributed by atoms with Crippen LogP contribution in [0.25, 0.3) is 0 Å². The summed E-state index contributed by atoms with van der Waals surface area (Å²) in [6.45, 7) is 4.07. The molecule has 0 amide bonds. The van der Waals surface area contributed by atoms with E-state index in [1.807, 2.05) is 31.7 Å². The summed E-state index contributed by atoms with van der Waals surface area (Å²) in [5.41, 5.74) is 7.05. The Bertz CT molecular complexity index is 423. The molecular formula is C15H23NO2S. The summed E-state index contributed by atoms with van der Waals surface area (Å²) in [5.74, 6) is 3.89. The van der Waals surface area contributed by atoms with Crippen LogP contribution in [0.5, 0.6) is 11.5 Å². The fourth-order valence-corrected chi connectivity index (χ4v) is 3.33. The number of methoxy groups -OCH3 is 1. The van der Waals surface area contributed by atoms with Crippen LogP contribution in [-0.2, 0) is 6.42 Å². The lowest BCUT2D eigenvalue weighted by molar-refractivity contribution is 0.218. The summed E-state index contributed by atoms with van der Waals surface area (Å²) in [5, 5.41) is 0. The highest BCUT2D eigenvalue weighted by atomic mass is 32.2. The summed E-state index contributed by atoms with van der Waals surface area (Å²) >= 11 is 1.94. The molecule has 4 heteroatoms. The van der Waals surface area contributed by atoms with Crippen LogP contribution in [0, 0.1) is 0 Å². The number of hydrogen-bond acceptors (Lipinski definition) is 4. The SMILES string of the molecule is COc1ccc(CC(C)(C)N)cc1OC1CCSC1. The molecular weight excluding hydrogens is 258 g/mol. The first-order valence-electron chi connectivity index (χ1n) is 6.68. The molecule has 106 valence electrons. The minimum absolute atomic E-state index is 0.213. The lowest BCUT2D eigenvalue weighted by Crippen LogP contribution is -2.34. The molecule has 1 atom stereocenters. The summed E-state index contributed by atoms with van der Waals surface area (Å²) < 4.78 is 11.4. The highest BCUT2D eigenvalue weighted by molar-refractivity contribution is 7.99. The molecule has 0 bridgehead atoms. The third-order valence-electron chi connectivity index (χ3n) is 3.07. The van der Waals surface area contributed by atoms with Gasteiger partial charge in [0.25, 0.3) is 0 Å². The molecule has 3 nitrogen and oxygen atoms in total. The third kappa shape index (κ3) is 4.32. The van der Waals surface area contributed by atoms with E-state index in [0.29, 0.717) is 6.10 Å². The molecule has 0 aromatic heterocycles. The van der Waals surface area contributed by atoms with Crippen molar-refractivity contribution in [3.8, 4) is 11.5 Å². The zero-order valence-corrected chi connectivity index (χ0v) is 12.8. The van der Waals surface area contributed by atoms with Crippen molar-refractivity contribution in [1.82, 2.24) is 0 Å². The van der Waals surface area contributed by atoms with Crippen LogP contribution in [-0.4, -0.2) is 30.3 Å². The van der Waals surface area contributed by atoms with Crippen LogP contribution in [0.15, 0.2) is 18.2 Å². The molecule has 1 fully saturated rings. The van der Waals surface area contributed by atoms with E-state index in [1.54, 1.807) is 7.11 Å². The molecule has 1 aliphatic heterocycles. The smallest absolute Gasteiger partial charge is 0.161 e. The molecule has 1 aliphatic rings. The molecule has 0 radical (unpaired) electrons. The van der Waals surface area contributed by atoms with Crippen molar-refractivity contribution in [2.45, 2.75) is 38.3 Å². The first-order chi connectivity index (χ1) is 8.98. The Kier molecular flexibility index (Phi) is 4.63. The van der Waals surface area contributed by atoms with E-state index in [2.05, 4.69) is 12.1 Å². The number of hydrogen-bond donors (Lipinski definition) is 1. The Morgan fingerprint density at radius 1 is 1.37 bits per heavy atom. The molecule has 0 saturated carbocycles. The lowest BCUT2D eigenvalue weighted by atomic mass is 9.96. The molecule has 1 saturated heterocycles. The summed E-state index contributed by atoms with van der Waals surface area (Å²) in [7, 11) is 1.68. The van der Waals surface area contributed by atoms with E-state index >= 15 is 0 Å². The van der Waals surface area contributed by atoms with Gasteiger partial charge in [-0.2, -0.15) is 11.8 Å². The van der Waals surface area contributed by atoms with Gasteiger partial charge in [-0.05, 0) is 50.1 Å². The van der Waals surface area contributed by atoms with Gasteiger partial charge in [-0.3, -0.25) is 0 Å². The predicted molar refractivity (Wildman–Crippen MR) is 81.3 cm³/mol. The van der Waals surface area contributed by atoms with Crippen LogP contribution in [0.2, 0.25) is 0 Å². The van der Waals surface area contributed by atoms with E-state index in [0.717, 1.165) is 30.1 Å². The lowest BCUT2D eigenvalue weighted by Gasteiger charge is -2.20. The van der Waals surface area contributed by atoms with Crippen LogP contribution in [0.4, 0.5) is 0 Å². The van der Waals surface area contributed by atoms with Gasteiger partial charge < -0.3 is 15.2 Å². The van der Waals surface area contributed by atoms with Gasteiger partial charge in [-0.25, -0.2) is 0 Å². The predicted octanol–water partition coefficient (Wildman–Crippen LogP) is 2.86. The summed E-state index contributed by atoms with van der Waals surface area (Å²) in [6, 6.07) is 6.10. The fraction of sp³-hybridized carbons (Fsp3) is 0.600. The molecule has 19 heavy (non-hydrogen) atoms. The largest absolute Gasteiger partial charge is 0.493 e. The van der Waals surface area contributed by atoms with Gasteiger partial charge in [0.15, 0.2) is 11.5 Å². The second-order valence-electron chi connectivity index (χ2n) is 5.75. The van der Waals surface area contributed by atoms with Gasteiger partial charge in [-0.15, -0.1) is 0 Å². The van der Waals surface area contributed by atoms with E-state index in [-0.39, 0.29) is 5.54 Å². The molecule has 2 N–H and O–H groups in total. The van der Waals surface area contributed by atoms with Crippen molar-refractivity contribution in [3.63, 3.8) is 0 Å². The maximum atomic E-state index is 6.08. The molecule has 2 rings (SSSR count). The van der Waals surface area contributed by atoms with Gasteiger partial charge >= 0.3 is 0 Å². The zero-order valence-electron chi connectivity index (χ0n) is 11.9. The van der Waals surface area contributed by atoms with Gasteiger partial charge in [-0.1, -0.05) is 6.07 Å². The van der Waals surface area contributed by atoms with Crippen molar-refractivity contribution in [3.05, 3.63) is 23.8 Å². The van der Waals surface area contributed by atoms with Crippen molar-refractivity contribution < 1.29 is 9.47 Å². The summed E-state index contributed by atoms with van der Waals surface area (Å²) in [6.07, 6.45) is 2.24. The van der Waals surface area contributed by atoms with Crippen LogP contribution < -0.4 is 15.2 Å². The Hall–Kier alpha value is -0.870. The molecule has 1 unspecified atom stereocenters. The van der Waals surface area contributed by atoms with Crippen molar-refractivity contribution in [1.29, 1.82) is 0 Å². The average molecular weight is 281 g/mol. The van der Waals surface area contributed by atoms with Crippen LogP contribution >= 0.6 is 11.8 Å². The second kappa shape index (κ2) is 6.06. The van der Waals surface area contributed by atoms with Crippen LogP contribution in [0.1, 0.15) is 25.8 Å². The Balaban J connectivity index is 2.15. The topological polar surface area (TPSA) is 44.5 Å². The van der Waals surface area contributed by atoms with Crippen molar-refractivity contribution >= 4 is 11.8 Å². The van der Waals surface area contributed by atoms with Gasteiger partial charge in [0.2, 0.25) is 0 Å². The number of nitrogens with two attached hydrogens (primary N) is 1. The maximum Gasteiger partial charge on any atom is 0.161 e. The third-order valence-corrected chi connectivity index (χ3v) is 4.20. The Morgan fingerprint density at radius 3 is 2.74 bits per heavy atom. The Labute approximate surface area is 119 Å². The maximum absolute atomic E-state index is 6.08. The minimum Gasteiger partial charge on any atom is -0.493 e. The highest BCUT2D eigenvalue weighted by Gasteiger charge is 2.20. The molecule has 0 spiro atoms. The molecule has 0 aliphatic carbocycles. The van der Waals surface area contributed by atoms with Gasteiger partial charge in [0.05, 0.1) is 7.11 Å². The van der Waals surface area contributed by atoms with Crippen molar-refractivity contribution in [2.75, 3.05) is 18.6 Å². The molecule has 1 aromatic carbocycles. The average Bonchev–Trinajstić information content (AvgIpc) is 2.80. The van der Waals surface area contributed by atoms with E-state index < -0.39 is 0 Å². The number of benzene rings is 1.